The zero-order valence-corrected chi connectivity index (χ0v) is 15.9. The molecule has 0 spiro atoms. The first-order chi connectivity index (χ1) is 12.2. The maximum absolute atomic E-state index is 4.58. The highest BCUT2D eigenvalue weighted by atomic mass is 32.1. The van der Waals surface area contributed by atoms with Crippen LogP contribution in [0.25, 0.3) is 0 Å². The van der Waals surface area contributed by atoms with E-state index in [9.17, 15) is 0 Å². The van der Waals surface area contributed by atoms with Crippen LogP contribution in [0.2, 0.25) is 0 Å². The zero-order valence-electron chi connectivity index (χ0n) is 15.1. The number of hydrogen-bond acceptors (Lipinski definition) is 6. The van der Waals surface area contributed by atoms with E-state index in [1.807, 2.05) is 13.0 Å². The summed E-state index contributed by atoms with van der Waals surface area (Å²) in [5, 5.41) is 12.3. The summed E-state index contributed by atoms with van der Waals surface area (Å²) in [6.45, 7) is 12.4. The normalized spacial score (nSPS) is 23.8. The number of aryl methyl sites for hydroxylation is 1. The van der Waals surface area contributed by atoms with Crippen molar-refractivity contribution in [1.82, 2.24) is 24.6 Å². The van der Waals surface area contributed by atoms with Crippen LogP contribution in [0.3, 0.4) is 0 Å². The summed E-state index contributed by atoms with van der Waals surface area (Å²) in [4.78, 5) is 9.66. The molecule has 0 bridgehead atoms. The minimum Gasteiger partial charge on any atom is -0.335 e. The predicted molar refractivity (Wildman–Crippen MR) is 101 cm³/mol. The molecule has 2 atom stereocenters. The topological polar surface area (TPSA) is 50.1 Å². The second-order valence-electron chi connectivity index (χ2n) is 7.17. The fourth-order valence-electron chi connectivity index (χ4n) is 4.07. The number of aromatic nitrogens is 4. The number of rotatable bonds is 5. The van der Waals surface area contributed by atoms with Gasteiger partial charge in [0.25, 0.3) is 0 Å². The molecule has 6 nitrogen and oxygen atoms in total. The van der Waals surface area contributed by atoms with Crippen molar-refractivity contribution in [2.45, 2.75) is 51.7 Å². The molecule has 134 valence electrons. The molecule has 0 aliphatic carbocycles. The largest absolute Gasteiger partial charge is 0.335 e. The van der Waals surface area contributed by atoms with Crippen molar-refractivity contribution in [3.05, 3.63) is 34.6 Å². The van der Waals surface area contributed by atoms with E-state index in [0.717, 1.165) is 48.5 Å². The van der Waals surface area contributed by atoms with Gasteiger partial charge in [0.15, 0.2) is 0 Å². The summed E-state index contributed by atoms with van der Waals surface area (Å²) in [5.74, 6) is 1.97. The van der Waals surface area contributed by atoms with Crippen LogP contribution in [0.4, 0.5) is 5.95 Å². The lowest BCUT2D eigenvalue weighted by molar-refractivity contribution is 0.200. The lowest BCUT2D eigenvalue weighted by atomic mass is 10.1. The Kier molecular flexibility index (Phi) is 4.60. The van der Waals surface area contributed by atoms with Gasteiger partial charge in [-0.05, 0) is 33.2 Å². The quantitative estimate of drug-likeness (QED) is 0.769. The molecule has 25 heavy (non-hydrogen) atoms. The van der Waals surface area contributed by atoms with Gasteiger partial charge in [0.1, 0.15) is 10.8 Å². The fourth-order valence-corrected chi connectivity index (χ4v) is 4.84. The van der Waals surface area contributed by atoms with Crippen molar-refractivity contribution >= 4 is 17.3 Å². The van der Waals surface area contributed by atoms with Crippen LogP contribution in [0, 0.1) is 6.92 Å². The molecule has 0 amide bonds. The van der Waals surface area contributed by atoms with Crippen LogP contribution < -0.4 is 4.90 Å². The molecule has 4 heterocycles. The van der Waals surface area contributed by atoms with Crippen LogP contribution in [0.15, 0.2) is 18.0 Å². The number of anilines is 1. The summed E-state index contributed by atoms with van der Waals surface area (Å²) >= 11 is 1.69. The van der Waals surface area contributed by atoms with Gasteiger partial charge in [-0.15, -0.1) is 28.1 Å². The number of allylic oxidation sites excluding steroid dienone is 1. The van der Waals surface area contributed by atoms with Gasteiger partial charge < -0.3 is 4.90 Å². The number of piperazine rings is 1. The van der Waals surface area contributed by atoms with E-state index in [4.69, 9.17) is 0 Å². The molecule has 0 radical (unpaired) electrons. The van der Waals surface area contributed by atoms with Crippen molar-refractivity contribution < 1.29 is 0 Å². The third-order valence-corrected chi connectivity index (χ3v) is 6.26. The second-order valence-corrected chi connectivity index (χ2v) is 8.11. The van der Waals surface area contributed by atoms with E-state index in [1.165, 1.54) is 19.4 Å². The van der Waals surface area contributed by atoms with Gasteiger partial charge in [0.05, 0.1) is 6.42 Å². The summed E-state index contributed by atoms with van der Waals surface area (Å²) in [5.41, 5.74) is 1.07. The molecule has 0 aromatic carbocycles. The Morgan fingerprint density at radius 1 is 1.36 bits per heavy atom. The van der Waals surface area contributed by atoms with Crippen LogP contribution in [0.1, 0.15) is 36.3 Å². The van der Waals surface area contributed by atoms with Gasteiger partial charge in [0.2, 0.25) is 5.95 Å². The highest BCUT2D eigenvalue weighted by molar-refractivity contribution is 7.09. The molecule has 7 heteroatoms. The molecule has 2 saturated heterocycles. The Balaban J connectivity index is 1.61. The molecular formula is C18H26N6S. The first-order valence-corrected chi connectivity index (χ1v) is 9.98. The molecule has 0 N–H and O–H groups in total. The molecular weight excluding hydrogens is 332 g/mol. The lowest BCUT2D eigenvalue weighted by Gasteiger charge is -2.42. The Morgan fingerprint density at radius 3 is 3.00 bits per heavy atom. The maximum atomic E-state index is 4.58. The third-order valence-electron chi connectivity index (χ3n) is 5.29. The number of thiazole rings is 1. The average Bonchev–Trinajstić information content (AvgIpc) is 3.29. The summed E-state index contributed by atoms with van der Waals surface area (Å²) in [6, 6.07) is 1.12. The van der Waals surface area contributed by atoms with E-state index < -0.39 is 0 Å². The number of nitrogens with zero attached hydrogens (tertiary/aromatic N) is 6. The van der Waals surface area contributed by atoms with Gasteiger partial charge in [-0.2, -0.15) is 0 Å². The van der Waals surface area contributed by atoms with E-state index >= 15 is 0 Å². The molecule has 2 aliphatic heterocycles. The standard InChI is InChI=1S/C18H26N6S/c1-4-7-23-16(9-17-19-13(2)12-25-17)20-21-18(23)24-11-15-6-5-8-22(15)10-14(24)3/h4,12,14-15H,1,5-11H2,2-3H3. The van der Waals surface area contributed by atoms with Gasteiger partial charge in [0, 0.05) is 42.8 Å². The highest BCUT2D eigenvalue weighted by Crippen LogP contribution is 2.28. The van der Waals surface area contributed by atoms with E-state index in [-0.39, 0.29) is 0 Å². The molecule has 2 unspecified atom stereocenters. The maximum Gasteiger partial charge on any atom is 0.227 e. The third kappa shape index (κ3) is 3.22. The summed E-state index contributed by atoms with van der Waals surface area (Å²) in [6.07, 6.45) is 5.28. The van der Waals surface area contributed by atoms with Crippen molar-refractivity contribution in [2.75, 3.05) is 24.5 Å². The van der Waals surface area contributed by atoms with E-state index in [0.29, 0.717) is 12.1 Å². The summed E-state index contributed by atoms with van der Waals surface area (Å²) < 4.78 is 2.21. The predicted octanol–water partition coefficient (Wildman–Crippen LogP) is 2.49. The van der Waals surface area contributed by atoms with Crippen LogP contribution in [-0.4, -0.2) is 56.4 Å². The molecule has 2 aromatic rings. The van der Waals surface area contributed by atoms with Gasteiger partial charge in [-0.1, -0.05) is 6.08 Å². The van der Waals surface area contributed by atoms with Crippen molar-refractivity contribution in [1.29, 1.82) is 0 Å². The molecule has 4 rings (SSSR count). The Bertz CT molecular complexity index is 751. The number of fused-ring (bicyclic) bond motifs is 1. The van der Waals surface area contributed by atoms with E-state index in [1.54, 1.807) is 11.3 Å². The van der Waals surface area contributed by atoms with Crippen molar-refractivity contribution in [3.8, 4) is 0 Å². The zero-order chi connectivity index (χ0) is 17.4. The Hall–Kier alpha value is -1.73. The van der Waals surface area contributed by atoms with Crippen molar-refractivity contribution in [2.24, 2.45) is 0 Å². The minimum atomic E-state index is 0.456. The fraction of sp³-hybridized carbons (Fsp3) is 0.611. The lowest BCUT2D eigenvalue weighted by Crippen LogP contribution is -2.55. The number of hydrogen-bond donors (Lipinski definition) is 0. The molecule has 2 fully saturated rings. The summed E-state index contributed by atoms with van der Waals surface area (Å²) in [7, 11) is 0. The SMILES string of the molecule is C=CCn1c(Cc2nc(C)cs2)nnc1N1CC2CCCN2CC1C. The second kappa shape index (κ2) is 6.88. The van der Waals surface area contributed by atoms with Gasteiger partial charge in [-0.25, -0.2) is 4.98 Å². The van der Waals surface area contributed by atoms with Gasteiger partial charge in [-0.3, -0.25) is 9.47 Å². The Morgan fingerprint density at radius 2 is 2.24 bits per heavy atom. The van der Waals surface area contributed by atoms with Crippen LogP contribution in [-0.2, 0) is 13.0 Å². The average molecular weight is 359 g/mol. The Labute approximate surface area is 153 Å². The highest BCUT2D eigenvalue weighted by Gasteiger charge is 2.36. The minimum absolute atomic E-state index is 0.456. The monoisotopic (exact) mass is 358 g/mol. The van der Waals surface area contributed by atoms with Crippen molar-refractivity contribution in [3.63, 3.8) is 0 Å². The first-order valence-electron chi connectivity index (χ1n) is 9.10. The van der Waals surface area contributed by atoms with Crippen LogP contribution >= 0.6 is 11.3 Å². The molecule has 0 saturated carbocycles. The smallest absolute Gasteiger partial charge is 0.227 e. The van der Waals surface area contributed by atoms with E-state index in [2.05, 4.69) is 48.4 Å². The molecule has 2 aliphatic rings. The molecule has 2 aromatic heterocycles. The first kappa shape index (κ1) is 16.7. The van der Waals surface area contributed by atoms with Crippen LogP contribution in [0.5, 0.6) is 0 Å². The van der Waals surface area contributed by atoms with Gasteiger partial charge >= 0.3 is 0 Å².